The molecule has 0 atom stereocenters. The highest BCUT2D eigenvalue weighted by Gasteiger charge is 2.17. The van der Waals surface area contributed by atoms with E-state index in [4.69, 9.17) is 4.74 Å². The van der Waals surface area contributed by atoms with Gasteiger partial charge >= 0.3 is 0 Å². The Bertz CT molecular complexity index is 924. The number of carbonyl (C=O) groups is 1. The van der Waals surface area contributed by atoms with Crippen LogP contribution in [-0.2, 0) is 0 Å². The lowest BCUT2D eigenvalue weighted by molar-refractivity contribution is 0.101. The number of ketones is 1. The van der Waals surface area contributed by atoms with Crippen LogP contribution >= 0.6 is 23.1 Å². The third-order valence-electron chi connectivity index (χ3n) is 3.73. The fourth-order valence-corrected chi connectivity index (χ4v) is 4.37. The number of Topliss-reactive ketones (excluding diaryl/α,β-unsaturated/α-hetero) is 1. The van der Waals surface area contributed by atoms with E-state index in [1.165, 1.54) is 48.3 Å². The summed E-state index contributed by atoms with van der Waals surface area (Å²) in [5.74, 6) is -0.136. The molecule has 3 aromatic rings. The number of ether oxygens (including phenoxy) is 1. The molecule has 0 aliphatic heterocycles. The predicted molar refractivity (Wildman–Crippen MR) is 94.9 cm³/mol. The second-order valence-electron chi connectivity index (χ2n) is 5.20. The smallest absolute Gasteiger partial charge is 0.176 e. The Morgan fingerprint density at radius 2 is 2.12 bits per heavy atom. The number of fused-ring (bicyclic) bond motifs is 1. The number of thiophene rings is 1. The fourth-order valence-electron chi connectivity index (χ4n) is 2.37. The van der Waals surface area contributed by atoms with E-state index >= 15 is 0 Å². The van der Waals surface area contributed by atoms with Gasteiger partial charge < -0.3 is 4.74 Å². The van der Waals surface area contributed by atoms with E-state index in [9.17, 15) is 9.18 Å². The molecule has 0 N–H and O–H groups in total. The largest absolute Gasteiger partial charge is 0.496 e. The first-order valence-corrected chi connectivity index (χ1v) is 9.01. The zero-order valence-corrected chi connectivity index (χ0v) is 15.1. The zero-order chi connectivity index (χ0) is 17.3. The summed E-state index contributed by atoms with van der Waals surface area (Å²) >= 11 is 2.95. The lowest BCUT2D eigenvalue weighted by Gasteiger charge is -2.08. The van der Waals surface area contributed by atoms with E-state index in [1.807, 2.05) is 13.8 Å². The summed E-state index contributed by atoms with van der Waals surface area (Å²) in [5.41, 5.74) is 1.38. The van der Waals surface area contributed by atoms with Gasteiger partial charge in [-0.1, -0.05) is 11.8 Å². The van der Waals surface area contributed by atoms with E-state index in [2.05, 4.69) is 9.97 Å². The first-order chi connectivity index (χ1) is 11.5. The summed E-state index contributed by atoms with van der Waals surface area (Å²) in [5, 5.41) is 1.76. The molecular formula is C17H15FN2O2S2. The molecule has 1 aromatic carbocycles. The third kappa shape index (κ3) is 3.14. The molecule has 0 bridgehead atoms. The Labute approximate surface area is 147 Å². The summed E-state index contributed by atoms with van der Waals surface area (Å²) in [6.07, 6.45) is 1.51. The number of rotatable bonds is 5. The summed E-state index contributed by atoms with van der Waals surface area (Å²) in [7, 11) is 1.46. The van der Waals surface area contributed by atoms with Gasteiger partial charge in [-0.15, -0.1) is 11.3 Å². The lowest BCUT2D eigenvalue weighted by Crippen LogP contribution is -2.06. The molecule has 0 amide bonds. The van der Waals surface area contributed by atoms with Gasteiger partial charge in [0.05, 0.1) is 18.4 Å². The predicted octanol–water partition coefficient (Wildman–Crippen LogP) is 4.43. The van der Waals surface area contributed by atoms with Crippen LogP contribution in [0.2, 0.25) is 0 Å². The summed E-state index contributed by atoms with van der Waals surface area (Å²) in [6, 6.07) is 3.94. The van der Waals surface area contributed by atoms with E-state index in [0.29, 0.717) is 5.75 Å². The van der Waals surface area contributed by atoms with Crippen molar-refractivity contribution >= 4 is 39.1 Å². The first kappa shape index (κ1) is 16.9. The van der Waals surface area contributed by atoms with Crippen molar-refractivity contribution < 1.29 is 13.9 Å². The number of aryl methyl sites for hydroxylation is 2. The van der Waals surface area contributed by atoms with Gasteiger partial charge in [-0.25, -0.2) is 14.4 Å². The topological polar surface area (TPSA) is 52.1 Å². The molecule has 4 nitrogen and oxygen atoms in total. The normalized spacial score (nSPS) is 11.0. The molecule has 0 saturated carbocycles. The summed E-state index contributed by atoms with van der Waals surface area (Å²) in [4.78, 5) is 23.2. The number of methoxy groups -OCH3 is 1. The molecule has 7 heteroatoms. The Morgan fingerprint density at radius 1 is 1.33 bits per heavy atom. The Morgan fingerprint density at radius 3 is 2.88 bits per heavy atom. The molecule has 124 valence electrons. The van der Waals surface area contributed by atoms with Crippen LogP contribution in [0.5, 0.6) is 5.75 Å². The van der Waals surface area contributed by atoms with Crippen molar-refractivity contribution in [3.8, 4) is 5.75 Å². The molecule has 2 heterocycles. The molecule has 0 spiro atoms. The van der Waals surface area contributed by atoms with Gasteiger partial charge in [-0.3, -0.25) is 4.79 Å². The van der Waals surface area contributed by atoms with E-state index in [0.717, 1.165) is 20.8 Å². The minimum Gasteiger partial charge on any atom is -0.496 e. The van der Waals surface area contributed by atoms with Crippen molar-refractivity contribution in [1.82, 2.24) is 9.97 Å². The second kappa shape index (κ2) is 6.86. The molecule has 0 radical (unpaired) electrons. The highest BCUT2D eigenvalue weighted by Crippen LogP contribution is 2.34. The fraction of sp³-hybridized carbons (Fsp3) is 0.235. The van der Waals surface area contributed by atoms with Gasteiger partial charge in [0, 0.05) is 10.3 Å². The van der Waals surface area contributed by atoms with Gasteiger partial charge in [0.15, 0.2) is 5.78 Å². The average Bonchev–Trinajstić information content (AvgIpc) is 2.87. The molecule has 0 unspecified atom stereocenters. The monoisotopic (exact) mass is 362 g/mol. The standard InChI is InChI=1S/C17H15FN2O2S2/c1-9-10(2)24-17-15(9)16(19-8-20-17)23-7-13(21)12-6-11(18)4-5-14(12)22-3/h4-6,8H,7H2,1-3H3. The van der Waals surface area contributed by atoms with Crippen LogP contribution < -0.4 is 4.74 Å². The number of nitrogens with zero attached hydrogens (tertiary/aromatic N) is 2. The van der Waals surface area contributed by atoms with Crippen LogP contribution in [0.15, 0.2) is 29.6 Å². The molecule has 0 aliphatic carbocycles. The molecular weight excluding hydrogens is 347 g/mol. The Hall–Kier alpha value is -1.99. The van der Waals surface area contributed by atoms with Crippen molar-refractivity contribution in [2.75, 3.05) is 12.9 Å². The number of aromatic nitrogens is 2. The van der Waals surface area contributed by atoms with Gasteiger partial charge in [-0.05, 0) is 37.6 Å². The molecule has 2 aromatic heterocycles. The number of carbonyl (C=O) groups excluding carboxylic acids is 1. The number of hydrogen-bond donors (Lipinski definition) is 0. The molecule has 24 heavy (non-hydrogen) atoms. The van der Waals surface area contributed by atoms with Crippen molar-refractivity contribution in [2.45, 2.75) is 18.9 Å². The minimum atomic E-state index is -0.460. The van der Waals surface area contributed by atoms with Crippen LogP contribution in [0.3, 0.4) is 0 Å². The maximum atomic E-state index is 13.4. The number of halogens is 1. The van der Waals surface area contributed by atoms with Crippen molar-refractivity contribution in [1.29, 1.82) is 0 Å². The molecule has 3 rings (SSSR count). The minimum absolute atomic E-state index is 0.153. The van der Waals surface area contributed by atoms with Crippen molar-refractivity contribution in [3.05, 3.63) is 46.3 Å². The average molecular weight is 362 g/mol. The van der Waals surface area contributed by atoms with Crippen LogP contribution in [0.25, 0.3) is 10.2 Å². The number of benzene rings is 1. The molecule has 0 saturated heterocycles. The maximum absolute atomic E-state index is 13.4. The summed E-state index contributed by atoms with van der Waals surface area (Å²) in [6.45, 7) is 4.07. The molecule has 0 fully saturated rings. The van der Waals surface area contributed by atoms with Crippen molar-refractivity contribution in [2.24, 2.45) is 0 Å². The highest BCUT2D eigenvalue weighted by molar-refractivity contribution is 8.00. The third-order valence-corrected chi connectivity index (χ3v) is 5.84. The van der Waals surface area contributed by atoms with Crippen molar-refractivity contribution in [3.63, 3.8) is 0 Å². The summed E-state index contributed by atoms with van der Waals surface area (Å²) < 4.78 is 18.6. The van der Waals surface area contributed by atoms with E-state index < -0.39 is 5.82 Å². The zero-order valence-electron chi connectivity index (χ0n) is 13.4. The van der Waals surface area contributed by atoms with Gasteiger partial charge in [0.2, 0.25) is 0 Å². The molecule has 0 aliphatic rings. The van der Waals surface area contributed by atoms with Gasteiger partial charge in [0.1, 0.15) is 27.8 Å². The highest BCUT2D eigenvalue weighted by atomic mass is 32.2. The SMILES string of the molecule is COc1ccc(F)cc1C(=O)CSc1ncnc2sc(C)c(C)c12. The quantitative estimate of drug-likeness (QED) is 0.382. The Kier molecular flexibility index (Phi) is 4.82. The number of hydrogen-bond acceptors (Lipinski definition) is 6. The number of thioether (sulfide) groups is 1. The maximum Gasteiger partial charge on any atom is 0.176 e. The first-order valence-electron chi connectivity index (χ1n) is 7.21. The lowest BCUT2D eigenvalue weighted by atomic mass is 10.1. The van der Waals surface area contributed by atoms with E-state index in [1.54, 1.807) is 11.3 Å². The van der Waals surface area contributed by atoms with Crippen LogP contribution in [0, 0.1) is 19.7 Å². The van der Waals surface area contributed by atoms with Crippen LogP contribution in [-0.4, -0.2) is 28.6 Å². The van der Waals surface area contributed by atoms with Crippen LogP contribution in [0.1, 0.15) is 20.8 Å². The Balaban J connectivity index is 1.86. The second-order valence-corrected chi connectivity index (χ2v) is 7.37. The van der Waals surface area contributed by atoms with Crippen LogP contribution in [0.4, 0.5) is 4.39 Å². The van der Waals surface area contributed by atoms with Gasteiger partial charge in [0.25, 0.3) is 0 Å². The van der Waals surface area contributed by atoms with Gasteiger partial charge in [-0.2, -0.15) is 0 Å². The van der Waals surface area contributed by atoms with E-state index in [-0.39, 0.29) is 17.1 Å².